The van der Waals surface area contributed by atoms with Gasteiger partial charge in [-0.2, -0.15) is 5.26 Å². The van der Waals surface area contributed by atoms with Crippen LogP contribution in [0.15, 0.2) is 0 Å². The number of thioether (sulfide) groups is 1. The maximum Gasteiger partial charge on any atom is 0.131 e. The van der Waals surface area contributed by atoms with E-state index in [4.69, 9.17) is 10.1 Å². The molecular formula is C11H20N4OS. The molecule has 2 atom stereocenters. The van der Waals surface area contributed by atoms with Gasteiger partial charge in [0.15, 0.2) is 0 Å². The molecule has 2 aliphatic rings. The van der Waals surface area contributed by atoms with Crippen LogP contribution in [0.3, 0.4) is 0 Å². The zero-order valence-corrected chi connectivity index (χ0v) is 11.5. The third kappa shape index (κ3) is 2.44. The maximum atomic E-state index is 9.12. The first-order valence-corrected chi connectivity index (χ1v) is 7.26. The molecule has 2 aliphatic heterocycles. The van der Waals surface area contributed by atoms with E-state index in [1.54, 1.807) is 0 Å². The topological polar surface area (TPSA) is 42.7 Å². The lowest BCUT2D eigenvalue weighted by Gasteiger charge is -2.50. The summed E-state index contributed by atoms with van der Waals surface area (Å²) in [5.41, 5.74) is 0. The molecule has 2 unspecified atom stereocenters. The highest BCUT2D eigenvalue weighted by Gasteiger charge is 2.44. The normalized spacial score (nSPS) is 30.8. The van der Waals surface area contributed by atoms with Crippen LogP contribution in [0.2, 0.25) is 0 Å². The predicted molar refractivity (Wildman–Crippen MR) is 67.7 cm³/mol. The minimum Gasteiger partial charge on any atom is -0.279 e. The van der Waals surface area contributed by atoms with E-state index in [1.165, 1.54) is 0 Å². The zero-order chi connectivity index (χ0) is 12.4. The van der Waals surface area contributed by atoms with E-state index in [1.807, 2.05) is 16.9 Å². The molecule has 6 heteroatoms. The Labute approximate surface area is 107 Å². The Morgan fingerprint density at radius 3 is 2.82 bits per heavy atom. The van der Waals surface area contributed by atoms with Gasteiger partial charge in [-0.1, -0.05) is 6.92 Å². The van der Waals surface area contributed by atoms with Crippen molar-refractivity contribution in [2.45, 2.75) is 39.0 Å². The van der Waals surface area contributed by atoms with Gasteiger partial charge in [-0.3, -0.25) is 9.74 Å². The van der Waals surface area contributed by atoms with Gasteiger partial charge in [0.05, 0.1) is 6.07 Å². The van der Waals surface area contributed by atoms with Crippen molar-refractivity contribution in [1.82, 2.24) is 15.1 Å². The Morgan fingerprint density at radius 1 is 1.59 bits per heavy atom. The molecular weight excluding hydrogens is 236 g/mol. The molecule has 2 heterocycles. The van der Waals surface area contributed by atoms with Crippen molar-refractivity contribution in [2.24, 2.45) is 0 Å². The number of hydrazine groups is 1. The van der Waals surface area contributed by atoms with Crippen LogP contribution in [-0.4, -0.2) is 58.1 Å². The first-order chi connectivity index (χ1) is 8.19. The summed E-state index contributed by atoms with van der Waals surface area (Å²) in [5, 5.41) is 13.3. The summed E-state index contributed by atoms with van der Waals surface area (Å²) < 4.78 is 0. The summed E-state index contributed by atoms with van der Waals surface area (Å²) in [6.07, 6.45) is 0.233. The highest BCUT2D eigenvalue weighted by Crippen LogP contribution is 2.30. The smallest absolute Gasteiger partial charge is 0.131 e. The molecule has 0 aromatic carbocycles. The lowest BCUT2D eigenvalue weighted by molar-refractivity contribution is -0.421. The molecule has 17 heavy (non-hydrogen) atoms. The third-order valence-electron chi connectivity index (χ3n) is 3.23. The maximum absolute atomic E-state index is 9.12. The molecule has 0 radical (unpaired) electrons. The summed E-state index contributed by atoms with van der Waals surface area (Å²) in [4.78, 5) is 7.80. The Bertz CT molecular complexity index is 306. The summed E-state index contributed by atoms with van der Waals surface area (Å²) in [5.74, 6) is 1.84. The minimum absolute atomic E-state index is 0.0299. The van der Waals surface area contributed by atoms with Crippen molar-refractivity contribution in [3.8, 4) is 6.07 Å². The number of hydroxylamine groups is 1. The van der Waals surface area contributed by atoms with Gasteiger partial charge in [-0.25, -0.2) is 5.01 Å². The second-order valence-electron chi connectivity index (χ2n) is 4.59. The second kappa shape index (κ2) is 5.55. The molecule has 2 rings (SSSR count). The fourth-order valence-corrected chi connectivity index (χ4v) is 3.43. The number of nitrogens with zero attached hydrogens (tertiary/aromatic N) is 4. The van der Waals surface area contributed by atoms with E-state index in [-0.39, 0.29) is 12.2 Å². The van der Waals surface area contributed by atoms with Crippen molar-refractivity contribution >= 4 is 11.8 Å². The summed E-state index contributed by atoms with van der Waals surface area (Å²) in [6.45, 7) is 8.05. The van der Waals surface area contributed by atoms with E-state index in [2.05, 4.69) is 36.7 Å². The van der Waals surface area contributed by atoms with Crippen LogP contribution >= 0.6 is 11.8 Å². The van der Waals surface area contributed by atoms with Crippen LogP contribution in [0.4, 0.5) is 0 Å². The molecule has 0 N–H and O–H groups in total. The van der Waals surface area contributed by atoms with Crippen LogP contribution in [0.25, 0.3) is 0 Å². The number of rotatable bonds is 4. The first kappa shape index (κ1) is 13.1. The summed E-state index contributed by atoms with van der Waals surface area (Å²) >= 11 is 1.82. The molecule has 0 aromatic rings. The Kier molecular flexibility index (Phi) is 4.28. The van der Waals surface area contributed by atoms with Gasteiger partial charge < -0.3 is 0 Å². The highest BCUT2D eigenvalue weighted by molar-refractivity contribution is 7.99. The molecule has 0 aromatic heterocycles. The van der Waals surface area contributed by atoms with Crippen molar-refractivity contribution < 1.29 is 4.84 Å². The van der Waals surface area contributed by atoms with E-state index in [0.29, 0.717) is 12.6 Å². The molecule has 5 nitrogen and oxygen atoms in total. The fourth-order valence-electron chi connectivity index (χ4n) is 2.27. The Morgan fingerprint density at radius 2 is 2.35 bits per heavy atom. The molecule has 2 fully saturated rings. The van der Waals surface area contributed by atoms with Gasteiger partial charge in [0.25, 0.3) is 0 Å². The van der Waals surface area contributed by atoms with Crippen LogP contribution in [0.5, 0.6) is 0 Å². The SMILES string of the molecule is CCN(C(C)C)N1OCC1N1CSCC1C#N. The lowest BCUT2D eigenvalue weighted by atomic mass is 10.3. The van der Waals surface area contributed by atoms with Gasteiger partial charge in [0.1, 0.15) is 18.8 Å². The monoisotopic (exact) mass is 256 g/mol. The van der Waals surface area contributed by atoms with Gasteiger partial charge in [0.2, 0.25) is 0 Å². The fraction of sp³-hybridized carbons (Fsp3) is 0.909. The summed E-state index contributed by atoms with van der Waals surface area (Å²) in [6, 6.07) is 2.82. The number of nitriles is 1. The standard InChI is InChI=1S/C11H20N4OS/c1-4-14(9(2)3)15-11(6-16-15)13-8-17-7-10(13)5-12/h9-11H,4,6-8H2,1-3H3. The van der Waals surface area contributed by atoms with Crippen molar-refractivity contribution in [1.29, 1.82) is 5.26 Å². The van der Waals surface area contributed by atoms with Crippen LogP contribution in [0, 0.1) is 11.3 Å². The second-order valence-corrected chi connectivity index (χ2v) is 5.59. The average molecular weight is 256 g/mol. The van der Waals surface area contributed by atoms with E-state index >= 15 is 0 Å². The first-order valence-electron chi connectivity index (χ1n) is 6.10. The van der Waals surface area contributed by atoms with Crippen LogP contribution in [-0.2, 0) is 4.84 Å². The van der Waals surface area contributed by atoms with Gasteiger partial charge in [-0.15, -0.1) is 16.9 Å². The van der Waals surface area contributed by atoms with E-state index < -0.39 is 0 Å². The largest absolute Gasteiger partial charge is 0.279 e. The Hall–Kier alpha value is -0.320. The quantitative estimate of drug-likeness (QED) is 0.750. The molecule has 0 bridgehead atoms. The molecule has 0 aliphatic carbocycles. The Balaban J connectivity index is 2.01. The number of hydrogen-bond donors (Lipinski definition) is 0. The molecule has 2 saturated heterocycles. The lowest BCUT2D eigenvalue weighted by Crippen LogP contribution is -2.67. The minimum atomic E-state index is 0.0299. The van der Waals surface area contributed by atoms with Gasteiger partial charge in [-0.05, 0) is 13.8 Å². The van der Waals surface area contributed by atoms with Crippen molar-refractivity contribution in [3.05, 3.63) is 0 Å². The molecule has 0 amide bonds. The van der Waals surface area contributed by atoms with Crippen LogP contribution in [0.1, 0.15) is 20.8 Å². The summed E-state index contributed by atoms with van der Waals surface area (Å²) in [7, 11) is 0. The predicted octanol–water partition coefficient (Wildman–Crippen LogP) is 1.10. The van der Waals surface area contributed by atoms with Gasteiger partial charge in [0, 0.05) is 24.2 Å². The molecule has 0 spiro atoms. The average Bonchev–Trinajstić information content (AvgIpc) is 2.71. The molecule has 0 saturated carbocycles. The van der Waals surface area contributed by atoms with E-state index in [9.17, 15) is 0 Å². The third-order valence-corrected chi connectivity index (χ3v) is 4.26. The van der Waals surface area contributed by atoms with Crippen molar-refractivity contribution in [2.75, 3.05) is 24.8 Å². The van der Waals surface area contributed by atoms with E-state index in [0.717, 1.165) is 18.2 Å². The van der Waals surface area contributed by atoms with Crippen LogP contribution < -0.4 is 0 Å². The van der Waals surface area contributed by atoms with Crippen molar-refractivity contribution in [3.63, 3.8) is 0 Å². The van der Waals surface area contributed by atoms with Gasteiger partial charge >= 0.3 is 0 Å². The number of hydrogen-bond acceptors (Lipinski definition) is 6. The highest BCUT2D eigenvalue weighted by atomic mass is 32.2. The molecule has 96 valence electrons. The zero-order valence-electron chi connectivity index (χ0n) is 10.7.